The van der Waals surface area contributed by atoms with Gasteiger partial charge in [0.1, 0.15) is 0 Å². The van der Waals surface area contributed by atoms with Crippen molar-refractivity contribution in [2.24, 2.45) is 0 Å². The maximum Gasteiger partial charge on any atom is 0.0703 e. The van der Waals surface area contributed by atoms with E-state index in [1.165, 1.54) is 43.3 Å². The van der Waals surface area contributed by atoms with Crippen molar-refractivity contribution in [1.29, 1.82) is 0 Å². The van der Waals surface area contributed by atoms with Crippen molar-refractivity contribution in [3.05, 3.63) is 21.9 Å². The van der Waals surface area contributed by atoms with Crippen LogP contribution in [0.15, 0.2) is 21.9 Å². The van der Waals surface area contributed by atoms with Gasteiger partial charge in [-0.3, -0.25) is 9.34 Å². The summed E-state index contributed by atoms with van der Waals surface area (Å²) >= 11 is 3.81. The highest BCUT2D eigenvalue weighted by atomic mass is 79.9. The van der Waals surface area contributed by atoms with Crippen LogP contribution in [-0.4, -0.2) is 61.9 Å². The summed E-state index contributed by atoms with van der Waals surface area (Å²) in [6, 6.07) is 1.12. The van der Waals surface area contributed by atoms with Crippen molar-refractivity contribution in [2.45, 2.75) is 44.2 Å². The van der Waals surface area contributed by atoms with Gasteiger partial charge in [-0.1, -0.05) is 28.1 Å². The average Bonchev–Trinajstić information content (AvgIpc) is 3.26. The van der Waals surface area contributed by atoms with Gasteiger partial charge in [0, 0.05) is 49.2 Å². The van der Waals surface area contributed by atoms with E-state index in [0.29, 0.717) is 12.1 Å². The molecule has 0 saturated carbocycles. The fourth-order valence-electron chi connectivity index (χ4n) is 3.97. The molecule has 23 heavy (non-hydrogen) atoms. The van der Waals surface area contributed by atoms with Crippen molar-refractivity contribution in [2.75, 3.05) is 40.5 Å². The molecular formula is C17H28BrN2O2P. The summed E-state index contributed by atoms with van der Waals surface area (Å²) in [4.78, 5) is 0. The van der Waals surface area contributed by atoms with E-state index >= 15 is 0 Å². The molecule has 0 radical (unpaired) electrons. The first-order valence-electron chi connectivity index (χ1n) is 8.62. The van der Waals surface area contributed by atoms with Crippen molar-refractivity contribution in [3.8, 4) is 0 Å². The topological polar surface area (TPSA) is 24.9 Å². The molecule has 2 heterocycles. The van der Waals surface area contributed by atoms with Gasteiger partial charge in [0.25, 0.3) is 0 Å². The molecule has 0 N–H and O–H groups in total. The summed E-state index contributed by atoms with van der Waals surface area (Å²) in [5.41, 5.74) is 0. The van der Waals surface area contributed by atoms with Crippen LogP contribution in [0, 0.1) is 0 Å². The summed E-state index contributed by atoms with van der Waals surface area (Å²) in [5.74, 6) is 0. The van der Waals surface area contributed by atoms with Gasteiger partial charge < -0.3 is 9.47 Å². The zero-order valence-electron chi connectivity index (χ0n) is 14.2. The Labute approximate surface area is 149 Å². The van der Waals surface area contributed by atoms with Crippen LogP contribution in [0.1, 0.15) is 32.1 Å². The second-order valence-corrected chi connectivity index (χ2v) is 9.52. The fraction of sp³-hybridized carbons (Fsp3) is 0.765. The molecule has 3 rings (SSSR count). The van der Waals surface area contributed by atoms with Crippen LogP contribution in [0.2, 0.25) is 0 Å². The van der Waals surface area contributed by atoms with E-state index in [4.69, 9.17) is 9.47 Å². The minimum atomic E-state index is -0.428. The fourth-order valence-corrected chi connectivity index (χ4v) is 7.88. The number of ether oxygens (including phenoxy) is 2. The Bertz CT molecular complexity index is 448. The number of allylic oxidation sites excluding steroid dienone is 4. The Kier molecular flexibility index (Phi) is 6.70. The Morgan fingerprint density at radius 1 is 1.09 bits per heavy atom. The number of methoxy groups -OCH3 is 2. The minimum Gasteiger partial charge on any atom is -0.383 e. The molecule has 0 aromatic carbocycles. The third kappa shape index (κ3) is 3.91. The molecule has 2 atom stereocenters. The predicted octanol–water partition coefficient (Wildman–Crippen LogP) is 4.09. The first-order chi connectivity index (χ1) is 11.3. The zero-order chi connectivity index (χ0) is 16.2. The van der Waals surface area contributed by atoms with Crippen LogP contribution in [0.25, 0.3) is 0 Å². The SMILES string of the molecule is COC[C@H]1CCCN1P(C1=C(Br)C=CC1)N1CCC[C@@H]1COC. The summed E-state index contributed by atoms with van der Waals surface area (Å²) in [6.07, 6.45) is 10.7. The van der Waals surface area contributed by atoms with Gasteiger partial charge in [-0.25, -0.2) is 0 Å². The van der Waals surface area contributed by atoms with E-state index in [1.807, 2.05) is 14.2 Å². The average molecular weight is 403 g/mol. The van der Waals surface area contributed by atoms with E-state index in [1.54, 1.807) is 5.31 Å². The molecular weight excluding hydrogens is 375 g/mol. The molecule has 0 aromatic rings. The first kappa shape index (κ1) is 18.0. The van der Waals surface area contributed by atoms with Crippen molar-refractivity contribution < 1.29 is 9.47 Å². The Hall–Kier alpha value is 0.230. The number of nitrogens with zero attached hydrogens (tertiary/aromatic N) is 2. The molecule has 3 aliphatic rings. The van der Waals surface area contributed by atoms with E-state index in [-0.39, 0.29) is 0 Å². The molecule has 0 amide bonds. The lowest BCUT2D eigenvalue weighted by atomic mass is 10.2. The molecule has 2 saturated heterocycles. The summed E-state index contributed by atoms with van der Waals surface area (Å²) in [5, 5.41) is 1.58. The Balaban J connectivity index is 1.86. The van der Waals surface area contributed by atoms with Crippen LogP contribution < -0.4 is 0 Å². The third-order valence-corrected chi connectivity index (χ3v) is 8.97. The highest BCUT2D eigenvalue weighted by Crippen LogP contribution is 2.61. The van der Waals surface area contributed by atoms with Crippen LogP contribution in [0.5, 0.6) is 0 Å². The number of hydrogen-bond acceptors (Lipinski definition) is 4. The third-order valence-electron chi connectivity index (χ3n) is 4.99. The van der Waals surface area contributed by atoms with Crippen molar-refractivity contribution in [3.63, 3.8) is 0 Å². The monoisotopic (exact) mass is 402 g/mol. The molecule has 2 aliphatic heterocycles. The quantitative estimate of drug-likeness (QED) is 0.598. The lowest BCUT2D eigenvalue weighted by Gasteiger charge is -2.42. The second kappa shape index (κ2) is 8.55. The van der Waals surface area contributed by atoms with Gasteiger partial charge in [0.05, 0.1) is 21.4 Å². The maximum absolute atomic E-state index is 5.51. The predicted molar refractivity (Wildman–Crippen MR) is 99.8 cm³/mol. The van der Waals surface area contributed by atoms with E-state index in [2.05, 4.69) is 37.4 Å². The summed E-state index contributed by atoms with van der Waals surface area (Å²) in [6.45, 7) is 4.08. The van der Waals surface area contributed by atoms with Gasteiger partial charge in [-0.2, -0.15) is 0 Å². The van der Waals surface area contributed by atoms with Gasteiger partial charge in [0.15, 0.2) is 0 Å². The van der Waals surface area contributed by atoms with Gasteiger partial charge in [0.2, 0.25) is 0 Å². The standard InChI is InChI=1S/C17H28BrN2O2P/c1-21-12-14-6-4-10-19(14)23(17-9-3-8-16(17)18)20-11-5-7-15(20)13-22-2/h3,8,14-15H,4-7,9-13H2,1-2H3/t14-,15-/m1/s1. The van der Waals surface area contributed by atoms with Crippen LogP contribution in [-0.2, 0) is 9.47 Å². The maximum atomic E-state index is 5.51. The van der Waals surface area contributed by atoms with Crippen LogP contribution in [0.4, 0.5) is 0 Å². The highest BCUT2D eigenvalue weighted by molar-refractivity contribution is 9.12. The zero-order valence-corrected chi connectivity index (χ0v) is 16.7. The van der Waals surface area contributed by atoms with Crippen LogP contribution in [0.3, 0.4) is 0 Å². The number of hydrogen-bond donors (Lipinski definition) is 0. The van der Waals surface area contributed by atoms with Gasteiger partial charge >= 0.3 is 0 Å². The Morgan fingerprint density at radius 2 is 1.65 bits per heavy atom. The normalized spacial score (nSPS) is 29.6. The molecule has 0 aromatic heterocycles. The van der Waals surface area contributed by atoms with Gasteiger partial charge in [-0.05, 0) is 32.1 Å². The highest BCUT2D eigenvalue weighted by Gasteiger charge is 2.41. The van der Waals surface area contributed by atoms with E-state index in [0.717, 1.165) is 19.6 Å². The summed E-state index contributed by atoms with van der Waals surface area (Å²) < 4.78 is 17.8. The molecule has 6 heteroatoms. The lowest BCUT2D eigenvalue weighted by Crippen LogP contribution is -2.38. The van der Waals surface area contributed by atoms with E-state index < -0.39 is 8.22 Å². The summed E-state index contributed by atoms with van der Waals surface area (Å²) in [7, 11) is 3.23. The van der Waals surface area contributed by atoms with Gasteiger partial charge in [-0.15, -0.1) is 0 Å². The molecule has 2 fully saturated rings. The molecule has 0 bridgehead atoms. The lowest BCUT2D eigenvalue weighted by molar-refractivity contribution is 0.138. The molecule has 0 unspecified atom stereocenters. The largest absolute Gasteiger partial charge is 0.383 e. The molecule has 130 valence electrons. The minimum absolute atomic E-state index is 0.428. The number of halogens is 1. The smallest absolute Gasteiger partial charge is 0.0703 e. The molecule has 0 spiro atoms. The Morgan fingerprint density at radius 3 is 2.09 bits per heavy atom. The van der Waals surface area contributed by atoms with Crippen molar-refractivity contribution in [1.82, 2.24) is 9.34 Å². The first-order valence-corrected chi connectivity index (χ1v) is 10.7. The molecule has 4 nitrogen and oxygen atoms in total. The van der Waals surface area contributed by atoms with Crippen LogP contribution >= 0.6 is 24.2 Å². The number of rotatable bonds is 7. The van der Waals surface area contributed by atoms with Crippen molar-refractivity contribution >= 4 is 24.2 Å². The second-order valence-electron chi connectivity index (χ2n) is 6.52. The van der Waals surface area contributed by atoms with E-state index in [9.17, 15) is 0 Å². The molecule has 1 aliphatic carbocycles.